The summed E-state index contributed by atoms with van der Waals surface area (Å²) in [6.07, 6.45) is 51.6. The predicted octanol–water partition coefficient (Wildman–Crippen LogP) is 12.6. The lowest BCUT2D eigenvalue weighted by Gasteiger charge is -2.34. The minimum Gasteiger partial charge on any atom is -0.544 e. The van der Waals surface area contributed by atoms with E-state index in [4.69, 9.17) is 14.2 Å². The molecule has 2 atom stereocenters. The Balaban J connectivity index is 4.19. The molecule has 0 radical (unpaired) electrons. The molecule has 0 saturated carbocycles. The molecule has 8 nitrogen and oxygen atoms in total. The van der Waals surface area contributed by atoms with E-state index in [-0.39, 0.29) is 49.1 Å². The smallest absolute Gasteiger partial charge is 0.306 e. The van der Waals surface area contributed by atoms with Crippen molar-refractivity contribution >= 4 is 17.9 Å². The van der Waals surface area contributed by atoms with Gasteiger partial charge in [0.15, 0.2) is 6.10 Å². The molecular formula is C52H93NO7. The Morgan fingerprint density at radius 2 is 0.933 bits per heavy atom. The number of unbranched alkanes of at least 4 members (excludes halogenated alkanes) is 25. The third-order valence-electron chi connectivity index (χ3n) is 11.1. The molecule has 0 fully saturated rings. The fourth-order valence-electron chi connectivity index (χ4n) is 7.26. The second-order valence-corrected chi connectivity index (χ2v) is 17.8. The minimum absolute atomic E-state index is 0.0256. The van der Waals surface area contributed by atoms with Gasteiger partial charge < -0.3 is 28.6 Å². The molecular weight excluding hydrogens is 751 g/mol. The summed E-state index contributed by atoms with van der Waals surface area (Å²) in [5.74, 6) is -1.78. The quantitative estimate of drug-likeness (QED) is 0.0260. The highest BCUT2D eigenvalue weighted by atomic mass is 16.6. The summed E-state index contributed by atoms with van der Waals surface area (Å²) in [4.78, 5) is 36.9. The van der Waals surface area contributed by atoms with Gasteiger partial charge in [-0.3, -0.25) is 9.59 Å². The maximum Gasteiger partial charge on any atom is 0.306 e. The second-order valence-electron chi connectivity index (χ2n) is 17.8. The highest BCUT2D eigenvalue weighted by molar-refractivity contribution is 5.70. The molecule has 0 aromatic carbocycles. The lowest BCUT2D eigenvalue weighted by atomic mass is 10.0. The number of carbonyl (C=O) groups is 3. The van der Waals surface area contributed by atoms with Crippen LogP contribution in [0.25, 0.3) is 0 Å². The van der Waals surface area contributed by atoms with Crippen LogP contribution >= 0.6 is 0 Å². The molecule has 0 heterocycles. The maximum atomic E-state index is 12.7. The number of carboxylic acid groups (broad SMARTS) is 1. The van der Waals surface area contributed by atoms with Gasteiger partial charge in [0.2, 0.25) is 0 Å². The number of ether oxygens (including phenoxy) is 3. The topological polar surface area (TPSA) is 102 Å². The first-order chi connectivity index (χ1) is 29.1. The number of likely N-dealkylation sites (N-methyl/N-ethyl adjacent to an activating group) is 1. The molecule has 8 heteroatoms. The van der Waals surface area contributed by atoms with E-state index >= 15 is 0 Å². The van der Waals surface area contributed by atoms with Gasteiger partial charge in [-0.2, -0.15) is 0 Å². The van der Waals surface area contributed by atoms with E-state index < -0.39 is 18.1 Å². The zero-order valence-corrected chi connectivity index (χ0v) is 39.6. The van der Waals surface area contributed by atoms with Gasteiger partial charge in [-0.15, -0.1) is 0 Å². The number of hydrogen-bond donors (Lipinski definition) is 0. The Morgan fingerprint density at radius 3 is 1.38 bits per heavy atom. The van der Waals surface area contributed by atoms with Crippen molar-refractivity contribution in [2.75, 3.05) is 41.0 Å². The van der Waals surface area contributed by atoms with Gasteiger partial charge >= 0.3 is 11.9 Å². The Morgan fingerprint density at radius 1 is 0.517 bits per heavy atom. The number of hydrogen-bond acceptors (Lipinski definition) is 7. The Bertz CT molecular complexity index is 1120. The van der Waals surface area contributed by atoms with Crippen LogP contribution < -0.4 is 5.11 Å². The van der Waals surface area contributed by atoms with E-state index in [0.29, 0.717) is 12.8 Å². The molecule has 0 rings (SSSR count). The largest absolute Gasteiger partial charge is 0.544 e. The lowest BCUT2D eigenvalue weighted by molar-refractivity contribution is -0.889. The number of carbonyl (C=O) groups excluding carboxylic acids is 3. The molecule has 0 aromatic heterocycles. The molecule has 0 aliphatic heterocycles. The van der Waals surface area contributed by atoms with E-state index in [1.54, 1.807) is 21.1 Å². The molecule has 60 heavy (non-hydrogen) atoms. The lowest BCUT2D eigenvalue weighted by Crippen LogP contribution is -2.55. The van der Waals surface area contributed by atoms with E-state index in [1.165, 1.54) is 128 Å². The molecule has 0 bridgehead atoms. The number of esters is 2. The summed E-state index contributed by atoms with van der Waals surface area (Å²) in [5, 5.41) is 11.6. The normalized spacial score (nSPS) is 13.3. The van der Waals surface area contributed by atoms with Gasteiger partial charge in [0.1, 0.15) is 12.6 Å². The maximum absolute atomic E-state index is 12.7. The number of rotatable bonds is 44. The van der Waals surface area contributed by atoms with Crippen molar-refractivity contribution in [1.29, 1.82) is 0 Å². The Labute approximate surface area is 369 Å². The number of nitrogens with zero attached hydrogens (tertiary/aromatic N) is 1. The van der Waals surface area contributed by atoms with E-state index in [9.17, 15) is 19.5 Å². The van der Waals surface area contributed by atoms with E-state index in [2.05, 4.69) is 26.0 Å². The van der Waals surface area contributed by atoms with Crippen LogP contribution in [0.3, 0.4) is 0 Å². The summed E-state index contributed by atoms with van der Waals surface area (Å²) >= 11 is 0. The van der Waals surface area contributed by atoms with Crippen LogP contribution in [0.2, 0.25) is 0 Å². The fourth-order valence-corrected chi connectivity index (χ4v) is 7.26. The summed E-state index contributed by atoms with van der Waals surface area (Å²) in [6.45, 7) is 4.50. The van der Waals surface area contributed by atoms with Crippen molar-refractivity contribution in [1.82, 2.24) is 0 Å². The summed E-state index contributed by atoms with van der Waals surface area (Å²) in [6, 6.07) is -0.733. The zero-order chi connectivity index (χ0) is 44.2. The summed E-state index contributed by atoms with van der Waals surface area (Å²) in [5.41, 5.74) is 0. The van der Waals surface area contributed by atoms with Crippen molar-refractivity contribution in [3.8, 4) is 0 Å². The predicted molar refractivity (Wildman–Crippen MR) is 250 cm³/mol. The van der Waals surface area contributed by atoms with Crippen LogP contribution in [0.15, 0.2) is 48.6 Å². The first-order valence-electron chi connectivity index (χ1n) is 24.7. The second kappa shape index (κ2) is 43.0. The van der Waals surface area contributed by atoms with Crippen molar-refractivity contribution in [2.24, 2.45) is 0 Å². The molecule has 0 amide bonds. The first-order valence-corrected chi connectivity index (χ1v) is 24.7. The molecule has 0 spiro atoms. The van der Waals surface area contributed by atoms with Crippen molar-refractivity contribution in [3.63, 3.8) is 0 Å². The zero-order valence-electron chi connectivity index (χ0n) is 39.6. The van der Waals surface area contributed by atoms with Crippen molar-refractivity contribution < 1.29 is 38.2 Å². The van der Waals surface area contributed by atoms with Crippen LogP contribution in [0, 0.1) is 0 Å². The number of allylic oxidation sites excluding steroid dienone is 8. The molecule has 0 aromatic rings. The van der Waals surface area contributed by atoms with Crippen LogP contribution in [-0.4, -0.2) is 75.5 Å². The van der Waals surface area contributed by atoms with Crippen LogP contribution in [0.5, 0.6) is 0 Å². The Kier molecular flexibility index (Phi) is 41.0. The van der Waals surface area contributed by atoms with Gasteiger partial charge in [-0.1, -0.05) is 210 Å². The average Bonchev–Trinajstić information content (AvgIpc) is 3.21. The SMILES string of the molecule is CC/C=C/C=C/C=C/C=C/CCCCCC(=O)OC(COCCC(C(=O)[O-])[N+](C)(C)C)COC(=O)CCCCCCCCCCCCCCCCCCCCCCCCC. The van der Waals surface area contributed by atoms with Crippen LogP contribution in [0.4, 0.5) is 0 Å². The van der Waals surface area contributed by atoms with Crippen LogP contribution in [-0.2, 0) is 28.6 Å². The summed E-state index contributed by atoms with van der Waals surface area (Å²) in [7, 11) is 5.40. The molecule has 0 aliphatic carbocycles. The van der Waals surface area contributed by atoms with Gasteiger partial charge in [0.05, 0.1) is 40.3 Å². The minimum atomic E-state index is -1.13. The van der Waals surface area contributed by atoms with Crippen LogP contribution in [0.1, 0.15) is 213 Å². The van der Waals surface area contributed by atoms with Gasteiger partial charge in [0, 0.05) is 19.3 Å². The molecule has 0 aliphatic rings. The highest BCUT2D eigenvalue weighted by Gasteiger charge is 2.25. The number of quaternary nitrogens is 1. The number of carboxylic acids is 1. The molecule has 0 N–H and O–H groups in total. The van der Waals surface area contributed by atoms with Crippen molar-refractivity contribution in [3.05, 3.63) is 48.6 Å². The Hall–Kier alpha value is -2.71. The number of aliphatic carboxylic acids is 1. The van der Waals surface area contributed by atoms with Gasteiger partial charge in [0.25, 0.3) is 0 Å². The van der Waals surface area contributed by atoms with E-state index in [0.717, 1.165) is 44.9 Å². The molecule has 0 saturated heterocycles. The third kappa shape index (κ3) is 40.7. The van der Waals surface area contributed by atoms with Gasteiger partial charge in [-0.05, 0) is 32.1 Å². The first kappa shape index (κ1) is 57.3. The van der Waals surface area contributed by atoms with Crippen molar-refractivity contribution in [2.45, 2.75) is 225 Å². The molecule has 2 unspecified atom stereocenters. The third-order valence-corrected chi connectivity index (χ3v) is 11.1. The molecule has 348 valence electrons. The average molecular weight is 844 g/mol. The highest BCUT2D eigenvalue weighted by Crippen LogP contribution is 2.16. The summed E-state index contributed by atoms with van der Waals surface area (Å²) < 4.78 is 17.2. The van der Waals surface area contributed by atoms with Gasteiger partial charge in [-0.25, -0.2) is 0 Å². The van der Waals surface area contributed by atoms with E-state index in [1.807, 2.05) is 36.5 Å². The fraction of sp³-hybridized carbons (Fsp3) is 0.788. The monoisotopic (exact) mass is 844 g/mol. The standard InChI is InChI=1S/C52H93NO7/c1-6-8-10-12-14-16-18-20-21-22-23-24-25-26-27-28-29-31-32-34-36-38-40-42-50(54)59-47-48(46-58-45-44-49(52(56)57)53(3,4)5)60-51(55)43-41-39-37-35-33-30-19-17-15-13-11-9-7-2/h9,11,13,15,17,19,30,33,48-49H,6-8,10,12,14,16,18,20-29,31-32,34-47H2,1-5H3/b11-9+,15-13+,19-17+,33-30+.